The maximum Gasteiger partial charge on any atom is 0.323 e. The molecule has 0 bridgehead atoms. The highest BCUT2D eigenvalue weighted by atomic mass is 16.4. The summed E-state index contributed by atoms with van der Waals surface area (Å²) in [6, 6.07) is 0.762. The quantitative estimate of drug-likeness (QED) is 0.757. The van der Waals surface area contributed by atoms with Crippen LogP contribution in [0.3, 0.4) is 0 Å². The Morgan fingerprint density at radius 2 is 2.17 bits per heavy atom. The summed E-state index contributed by atoms with van der Waals surface area (Å²) in [4.78, 5) is 13.9. The molecular formula is C14H26N2O2. The predicted octanol–water partition coefficient (Wildman–Crippen LogP) is 1.70. The van der Waals surface area contributed by atoms with Crippen molar-refractivity contribution in [2.24, 2.45) is 5.92 Å². The molecular weight excluding hydrogens is 228 g/mol. The minimum atomic E-state index is -0.771. The second kappa shape index (κ2) is 5.17. The van der Waals surface area contributed by atoms with Gasteiger partial charge >= 0.3 is 5.97 Å². The Morgan fingerprint density at radius 3 is 2.61 bits per heavy atom. The van der Waals surface area contributed by atoms with Gasteiger partial charge in [-0.05, 0) is 52.0 Å². The molecule has 1 heterocycles. The summed E-state index contributed by atoms with van der Waals surface area (Å²) in [5.41, 5.74) is -0.771. The molecule has 104 valence electrons. The van der Waals surface area contributed by atoms with Crippen molar-refractivity contribution in [3.05, 3.63) is 0 Å². The van der Waals surface area contributed by atoms with E-state index < -0.39 is 11.5 Å². The molecule has 2 aliphatic rings. The van der Waals surface area contributed by atoms with Crippen LogP contribution in [0.25, 0.3) is 0 Å². The number of rotatable bonds is 6. The third-order valence-corrected chi connectivity index (χ3v) is 4.35. The van der Waals surface area contributed by atoms with E-state index in [1.54, 1.807) is 0 Å². The minimum Gasteiger partial charge on any atom is -0.480 e. The van der Waals surface area contributed by atoms with Crippen molar-refractivity contribution >= 4 is 5.97 Å². The first-order valence-electron chi connectivity index (χ1n) is 7.16. The Morgan fingerprint density at radius 1 is 1.50 bits per heavy atom. The molecule has 3 unspecified atom stereocenters. The standard InChI is InChI=1S/C14H26N2O2/c1-10-6-7-16(9-10)11(2)8-14(3,13(17)18)15-12-4-5-12/h10-12,15H,4-9H2,1-3H3,(H,17,18). The minimum absolute atomic E-state index is 0.335. The van der Waals surface area contributed by atoms with Crippen molar-refractivity contribution in [2.45, 2.75) is 64.1 Å². The van der Waals surface area contributed by atoms with Crippen LogP contribution < -0.4 is 5.32 Å². The van der Waals surface area contributed by atoms with Crippen LogP contribution in [0.15, 0.2) is 0 Å². The van der Waals surface area contributed by atoms with Crippen LogP contribution in [0.1, 0.15) is 46.5 Å². The largest absolute Gasteiger partial charge is 0.480 e. The molecule has 18 heavy (non-hydrogen) atoms. The lowest BCUT2D eigenvalue weighted by atomic mass is 9.92. The fourth-order valence-corrected chi connectivity index (χ4v) is 2.98. The van der Waals surface area contributed by atoms with Gasteiger partial charge in [-0.25, -0.2) is 0 Å². The van der Waals surface area contributed by atoms with E-state index in [2.05, 4.69) is 24.1 Å². The number of hydrogen-bond donors (Lipinski definition) is 2. The molecule has 2 fully saturated rings. The maximum atomic E-state index is 11.5. The van der Waals surface area contributed by atoms with Crippen molar-refractivity contribution < 1.29 is 9.90 Å². The van der Waals surface area contributed by atoms with Crippen molar-refractivity contribution in [3.8, 4) is 0 Å². The van der Waals surface area contributed by atoms with Crippen molar-refractivity contribution in [3.63, 3.8) is 0 Å². The van der Waals surface area contributed by atoms with E-state index in [4.69, 9.17) is 0 Å². The molecule has 0 amide bonds. The van der Waals surface area contributed by atoms with E-state index in [0.717, 1.165) is 31.8 Å². The summed E-state index contributed by atoms with van der Waals surface area (Å²) < 4.78 is 0. The number of nitrogens with zero attached hydrogens (tertiary/aromatic N) is 1. The van der Waals surface area contributed by atoms with Gasteiger partial charge in [0, 0.05) is 18.6 Å². The smallest absolute Gasteiger partial charge is 0.323 e. The molecule has 1 saturated heterocycles. The zero-order valence-electron chi connectivity index (χ0n) is 11.8. The third kappa shape index (κ3) is 3.23. The maximum absolute atomic E-state index is 11.5. The molecule has 0 aromatic carbocycles. The number of nitrogens with one attached hydrogen (secondary N) is 1. The molecule has 4 heteroatoms. The average molecular weight is 254 g/mol. The van der Waals surface area contributed by atoms with Crippen molar-refractivity contribution in [1.82, 2.24) is 10.2 Å². The number of likely N-dealkylation sites (tertiary alicyclic amines) is 1. The van der Waals surface area contributed by atoms with Gasteiger partial charge < -0.3 is 10.0 Å². The van der Waals surface area contributed by atoms with Gasteiger partial charge in [-0.2, -0.15) is 0 Å². The molecule has 2 rings (SSSR count). The lowest BCUT2D eigenvalue weighted by Crippen LogP contribution is -2.54. The number of carboxylic acid groups (broad SMARTS) is 1. The highest BCUT2D eigenvalue weighted by Gasteiger charge is 2.40. The van der Waals surface area contributed by atoms with Gasteiger partial charge in [-0.3, -0.25) is 10.1 Å². The Balaban J connectivity index is 1.93. The molecule has 4 nitrogen and oxygen atoms in total. The molecule has 1 aliphatic heterocycles. The molecule has 3 atom stereocenters. The van der Waals surface area contributed by atoms with Crippen LogP contribution in [0.5, 0.6) is 0 Å². The van der Waals surface area contributed by atoms with E-state index in [1.807, 2.05) is 6.92 Å². The van der Waals surface area contributed by atoms with E-state index in [1.165, 1.54) is 6.42 Å². The number of aliphatic carboxylic acids is 1. The third-order valence-electron chi connectivity index (χ3n) is 4.35. The normalized spacial score (nSPS) is 30.1. The highest BCUT2D eigenvalue weighted by molar-refractivity contribution is 5.78. The van der Waals surface area contributed by atoms with Crippen molar-refractivity contribution in [2.75, 3.05) is 13.1 Å². The summed E-state index contributed by atoms with van der Waals surface area (Å²) in [5, 5.41) is 12.8. The van der Waals surface area contributed by atoms with Crippen LogP contribution in [-0.2, 0) is 4.79 Å². The fraction of sp³-hybridized carbons (Fsp3) is 0.929. The Hall–Kier alpha value is -0.610. The predicted molar refractivity (Wildman–Crippen MR) is 71.6 cm³/mol. The lowest BCUT2D eigenvalue weighted by Gasteiger charge is -2.33. The molecule has 1 aliphatic carbocycles. The molecule has 2 N–H and O–H groups in total. The van der Waals surface area contributed by atoms with Crippen LogP contribution in [0, 0.1) is 5.92 Å². The van der Waals surface area contributed by atoms with Crippen LogP contribution >= 0.6 is 0 Å². The van der Waals surface area contributed by atoms with Gasteiger partial charge in [0.05, 0.1) is 0 Å². The average Bonchev–Trinajstić information content (AvgIpc) is 2.97. The molecule has 1 saturated carbocycles. The number of carboxylic acids is 1. The van der Waals surface area contributed by atoms with Gasteiger partial charge in [-0.15, -0.1) is 0 Å². The summed E-state index contributed by atoms with van der Waals surface area (Å²) in [7, 11) is 0. The molecule has 0 spiro atoms. The Labute approximate surface area is 110 Å². The lowest BCUT2D eigenvalue weighted by molar-refractivity contribution is -0.145. The number of carbonyl (C=O) groups is 1. The van der Waals surface area contributed by atoms with E-state index in [-0.39, 0.29) is 0 Å². The summed E-state index contributed by atoms with van der Waals surface area (Å²) >= 11 is 0. The first kappa shape index (κ1) is 13.8. The van der Waals surface area contributed by atoms with Crippen LogP contribution in [0.2, 0.25) is 0 Å². The monoisotopic (exact) mass is 254 g/mol. The fourth-order valence-electron chi connectivity index (χ4n) is 2.98. The summed E-state index contributed by atoms with van der Waals surface area (Å²) in [6.07, 6.45) is 4.17. The van der Waals surface area contributed by atoms with Gasteiger partial charge in [0.15, 0.2) is 0 Å². The molecule has 0 radical (unpaired) electrons. The molecule has 0 aromatic rings. The Kier molecular flexibility index (Phi) is 3.97. The highest BCUT2D eigenvalue weighted by Crippen LogP contribution is 2.27. The van der Waals surface area contributed by atoms with Crippen LogP contribution in [0.4, 0.5) is 0 Å². The van der Waals surface area contributed by atoms with Gasteiger partial charge in [0.2, 0.25) is 0 Å². The molecule has 0 aromatic heterocycles. The van der Waals surface area contributed by atoms with Crippen LogP contribution in [-0.4, -0.2) is 46.7 Å². The Bertz CT molecular complexity index is 317. The topological polar surface area (TPSA) is 52.6 Å². The number of hydrogen-bond acceptors (Lipinski definition) is 3. The van der Waals surface area contributed by atoms with Gasteiger partial charge in [-0.1, -0.05) is 6.92 Å². The second-order valence-corrected chi connectivity index (χ2v) is 6.50. The first-order valence-corrected chi connectivity index (χ1v) is 7.16. The zero-order chi connectivity index (χ0) is 13.3. The summed E-state index contributed by atoms with van der Waals surface area (Å²) in [5.74, 6) is 0.0356. The SMILES string of the molecule is CC1CCN(C(C)CC(C)(NC2CC2)C(=O)O)C1. The van der Waals surface area contributed by atoms with Gasteiger partial charge in [0.1, 0.15) is 5.54 Å². The van der Waals surface area contributed by atoms with Gasteiger partial charge in [0.25, 0.3) is 0 Å². The van der Waals surface area contributed by atoms with E-state index >= 15 is 0 Å². The second-order valence-electron chi connectivity index (χ2n) is 6.50. The zero-order valence-corrected chi connectivity index (χ0v) is 11.8. The van der Waals surface area contributed by atoms with E-state index in [9.17, 15) is 9.90 Å². The summed E-state index contributed by atoms with van der Waals surface area (Å²) in [6.45, 7) is 8.49. The van der Waals surface area contributed by atoms with Crippen molar-refractivity contribution in [1.29, 1.82) is 0 Å². The first-order chi connectivity index (χ1) is 8.40. The van der Waals surface area contributed by atoms with E-state index in [0.29, 0.717) is 18.5 Å².